The van der Waals surface area contributed by atoms with Crippen molar-refractivity contribution < 1.29 is 23.0 Å². The molecule has 2 fully saturated rings. The lowest BCUT2D eigenvalue weighted by Crippen LogP contribution is -2.34. The SMILES string of the molecule is C=CCCC1CCC(C2CCC(CO/C(CC)=C(F)/C(F)=C(\C)OC)CC2)OC1. The molecule has 1 heterocycles. The average Bonchev–Trinajstić information content (AvgIpc) is 2.77. The van der Waals surface area contributed by atoms with Gasteiger partial charge in [-0.1, -0.05) is 13.0 Å². The molecule has 5 heteroatoms. The summed E-state index contributed by atoms with van der Waals surface area (Å²) >= 11 is 0. The quantitative estimate of drug-likeness (QED) is 0.219. The summed E-state index contributed by atoms with van der Waals surface area (Å²) in [6.45, 7) is 8.29. The molecule has 1 aliphatic heterocycles. The van der Waals surface area contributed by atoms with Crippen molar-refractivity contribution in [2.45, 2.75) is 77.7 Å². The van der Waals surface area contributed by atoms with Gasteiger partial charge >= 0.3 is 0 Å². The summed E-state index contributed by atoms with van der Waals surface area (Å²) < 4.78 is 44.9. The van der Waals surface area contributed by atoms with Crippen molar-refractivity contribution in [2.24, 2.45) is 17.8 Å². The van der Waals surface area contributed by atoms with Crippen molar-refractivity contribution in [3.05, 3.63) is 35.8 Å². The van der Waals surface area contributed by atoms with Gasteiger partial charge < -0.3 is 14.2 Å². The Bertz CT molecular complexity index is 569. The van der Waals surface area contributed by atoms with E-state index in [9.17, 15) is 8.78 Å². The standard InChI is InChI=1S/C24H38F2O3/c1-5-7-8-18-11-14-22(29-15-18)20-12-9-19(10-13-20)16-28-21(6-2)24(26)23(25)17(3)27-4/h5,18-20,22H,1,6-16H2,2-4H3/b23-17-,24-21-. The van der Waals surface area contributed by atoms with Crippen LogP contribution in [-0.2, 0) is 14.2 Å². The highest BCUT2D eigenvalue weighted by molar-refractivity contribution is 5.24. The van der Waals surface area contributed by atoms with Crippen LogP contribution in [0.15, 0.2) is 35.8 Å². The van der Waals surface area contributed by atoms with Gasteiger partial charge in [0.2, 0.25) is 0 Å². The van der Waals surface area contributed by atoms with Gasteiger partial charge in [-0.25, -0.2) is 0 Å². The fraction of sp³-hybridized carbons (Fsp3) is 0.750. The van der Waals surface area contributed by atoms with Crippen molar-refractivity contribution in [3.8, 4) is 0 Å². The van der Waals surface area contributed by atoms with E-state index >= 15 is 0 Å². The molecule has 166 valence electrons. The zero-order valence-electron chi connectivity index (χ0n) is 18.4. The fourth-order valence-corrected chi connectivity index (χ4v) is 4.41. The maximum atomic E-state index is 14.3. The number of ether oxygens (including phenoxy) is 3. The summed E-state index contributed by atoms with van der Waals surface area (Å²) in [5, 5.41) is 0. The van der Waals surface area contributed by atoms with Gasteiger partial charge in [-0.2, -0.15) is 8.78 Å². The number of hydrogen-bond acceptors (Lipinski definition) is 3. The summed E-state index contributed by atoms with van der Waals surface area (Å²) in [5.74, 6) is -0.233. The second kappa shape index (κ2) is 12.4. The molecule has 2 unspecified atom stereocenters. The minimum absolute atomic E-state index is 0.0715. The Morgan fingerprint density at radius 3 is 2.31 bits per heavy atom. The summed E-state index contributed by atoms with van der Waals surface area (Å²) in [6, 6.07) is 0. The molecule has 0 amide bonds. The molecule has 1 saturated carbocycles. The Morgan fingerprint density at radius 2 is 1.76 bits per heavy atom. The highest BCUT2D eigenvalue weighted by Crippen LogP contribution is 2.37. The lowest BCUT2D eigenvalue weighted by Gasteiger charge is -2.37. The Hall–Kier alpha value is -1.36. The lowest BCUT2D eigenvalue weighted by molar-refractivity contribution is -0.0610. The lowest BCUT2D eigenvalue weighted by atomic mass is 9.77. The highest BCUT2D eigenvalue weighted by Gasteiger charge is 2.31. The second-order valence-corrected chi connectivity index (χ2v) is 8.44. The van der Waals surface area contributed by atoms with Crippen molar-refractivity contribution in [3.63, 3.8) is 0 Å². The molecule has 29 heavy (non-hydrogen) atoms. The van der Waals surface area contributed by atoms with Crippen molar-refractivity contribution in [1.29, 1.82) is 0 Å². The van der Waals surface area contributed by atoms with Crippen LogP contribution in [0.25, 0.3) is 0 Å². The third-order valence-corrected chi connectivity index (χ3v) is 6.47. The van der Waals surface area contributed by atoms with Crippen LogP contribution in [0.3, 0.4) is 0 Å². The van der Waals surface area contributed by atoms with Gasteiger partial charge in [-0.15, -0.1) is 6.58 Å². The van der Waals surface area contributed by atoms with Crippen molar-refractivity contribution in [1.82, 2.24) is 0 Å². The van der Waals surface area contributed by atoms with E-state index in [1.165, 1.54) is 26.9 Å². The maximum Gasteiger partial charge on any atom is 0.199 e. The van der Waals surface area contributed by atoms with E-state index in [0.29, 0.717) is 36.9 Å². The Kier molecular flexibility index (Phi) is 10.2. The molecular formula is C24H38F2O3. The number of hydrogen-bond donors (Lipinski definition) is 0. The zero-order valence-corrected chi connectivity index (χ0v) is 18.4. The molecule has 0 aromatic carbocycles. The van der Waals surface area contributed by atoms with Gasteiger partial charge in [-0.05, 0) is 76.0 Å². The predicted molar refractivity (Wildman–Crippen MR) is 113 cm³/mol. The molecular weight excluding hydrogens is 374 g/mol. The Balaban J connectivity index is 1.76. The van der Waals surface area contributed by atoms with Gasteiger partial charge in [0.25, 0.3) is 0 Å². The molecule has 0 N–H and O–H groups in total. The molecule has 2 aliphatic rings. The molecule has 0 spiro atoms. The summed E-state index contributed by atoms with van der Waals surface area (Å²) in [6.07, 6.45) is 11.7. The second-order valence-electron chi connectivity index (χ2n) is 8.44. The van der Waals surface area contributed by atoms with E-state index in [2.05, 4.69) is 6.58 Å². The van der Waals surface area contributed by atoms with Crippen LogP contribution >= 0.6 is 0 Å². The van der Waals surface area contributed by atoms with E-state index in [-0.39, 0.29) is 11.5 Å². The smallest absolute Gasteiger partial charge is 0.199 e. The highest BCUT2D eigenvalue weighted by atomic mass is 19.2. The van der Waals surface area contributed by atoms with Crippen LogP contribution in [0.5, 0.6) is 0 Å². The van der Waals surface area contributed by atoms with Crippen LogP contribution < -0.4 is 0 Å². The van der Waals surface area contributed by atoms with E-state index in [1.54, 1.807) is 6.92 Å². The van der Waals surface area contributed by atoms with Gasteiger partial charge in [0.05, 0.1) is 19.8 Å². The molecule has 0 radical (unpaired) electrons. The normalized spacial score (nSPS) is 29.6. The molecule has 2 rings (SSSR count). The predicted octanol–water partition coefficient (Wildman–Crippen LogP) is 7.01. The summed E-state index contributed by atoms with van der Waals surface area (Å²) in [7, 11) is 1.32. The van der Waals surface area contributed by atoms with Crippen LogP contribution in [0, 0.1) is 17.8 Å². The number of methoxy groups -OCH3 is 1. The number of rotatable bonds is 10. The molecule has 3 nitrogen and oxygen atoms in total. The van der Waals surface area contributed by atoms with Crippen LogP contribution in [0.4, 0.5) is 8.78 Å². The monoisotopic (exact) mass is 412 g/mol. The van der Waals surface area contributed by atoms with E-state index < -0.39 is 11.7 Å². The molecule has 2 atom stereocenters. The third-order valence-electron chi connectivity index (χ3n) is 6.47. The van der Waals surface area contributed by atoms with Crippen LogP contribution in [0.1, 0.15) is 71.6 Å². The largest absolute Gasteiger partial charge is 0.498 e. The number of allylic oxidation sites excluding steroid dienone is 5. The molecule has 1 saturated heterocycles. The third kappa shape index (κ3) is 7.13. The minimum Gasteiger partial charge on any atom is -0.498 e. The van der Waals surface area contributed by atoms with Crippen LogP contribution in [0.2, 0.25) is 0 Å². The van der Waals surface area contributed by atoms with Gasteiger partial charge in [-0.3, -0.25) is 0 Å². The first-order valence-corrected chi connectivity index (χ1v) is 11.1. The topological polar surface area (TPSA) is 27.7 Å². The molecule has 0 aromatic rings. The minimum atomic E-state index is -0.978. The van der Waals surface area contributed by atoms with Crippen molar-refractivity contribution >= 4 is 0 Å². The average molecular weight is 413 g/mol. The van der Waals surface area contributed by atoms with Crippen molar-refractivity contribution in [2.75, 3.05) is 20.3 Å². The summed E-state index contributed by atoms with van der Waals surface area (Å²) in [4.78, 5) is 0. The van der Waals surface area contributed by atoms with E-state index in [4.69, 9.17) is 14.2 Å². The summed E-state index contributed by atoms with van der Waals surface area (Å²) in [5.41, 5.74) is 0. The molecule has 0 aromatic heterocycles. The first-order valence-electron chi connectivity index (χ1n) is 11.1. The number of halogens is 2. The van der Waals surface area contributed by atoms with E-state index in [0.717, 1.165) is 45.1 Å². The first kappa shape index (κ1) is 23.9. The van der Waals surface area contributed by atoms with Crippen LogP contribution in [-0.4, -0.2) is 26.4 Å². The van der Waals surface area contributed by atoms with E-state index in [1.807, 2.05) is 6.08 Å². The molecule has 0 bridgehead atoms. The van der Waals surface area contributed by atoms with Gasteiger partial charge in [0.15, 0.2) is 11.7 Å². The Morgan fingerprint density at radius 1 is 1.07 bits per heavy atom. The first-order chi connectivity index (χ1) is 14.0. The zero-order chi connectivity index (χ0) is 21.2. The maximum absolute atomic E-state index is 14.3. The molecule has 1 aliphatic carbocycles. The van der Waals surface area contributed by atoms with Gasteiger partial charge in [0.1, 0.15) is 11.5 Å². The van der Waals surface area contributed by atoms with Gasteiger partial charge in [0, 0.05) is 13.0 Å². The fourth-order valence-electron chi connectivity index (χ4n) is 4.41. The Labute approximate surface area is 175 Å².